The molecule has 0 saturated carbocycles. The second-order valence-corrected chi connectivity index (χ2v) is 9.49. The summed E-state index contributed by atoms with van der Waals surface area (Å²) in [5.41, 5.74) is 0.264. The third-order valence-electron chi connectivity index (χ3n) is 6.86. The van der Waals surface area contributed by atoms with Crippen LogP contribution in [-0.4, -0.2) is 65.4 Å². The minimum atomic E-state index is -4.52. The second kappa shape index (κ2) is 11.8. The highest BCUT2D eigenvalue weighted by Gasteiger charge is 2.30. The van der Waals surface area contributed by atoms with E-state index in [0.717, 1.165) is 22.4 Å². The van der Waals surface area contributed by atoms with Crippen LogP contribution >= 0.6 is 0 Å². The van der Waals surface area contributed by atoms with Gasteiger partial charge in [-0.1, -0.05) is 12.1 Å². The van der Waals surface area contributed by atoms with Gasteiger partial charge < -0.3 is 20.4 Å². The molecule has 4 rings (SSSR count). The lowest BCUT2D eigenvalue weighted by Crippen LogP contribution is -2.48. The van der Waals surface area contributed by atoms with E-state index in [1.807, 2.05) is 6.07 Å². The van der Waals surface area contributed by atoms with Gasteiger partial charge in [-0.2, -0.15) is 13.2 Å². The molecule has 0 radical (unpaired) electrons. The van der Waals surface area contributed by atoms with Crippen LogP contribution < -0.4 is 21.1 Å². The number of fused-ring (bicyclic) bond motifs is 1. The Kier molecular flexibility index (Phi) is 8.40. The Hall–Kier alpha value is -4.42. The Morgan fingerprint density at radius 1 is 1.00 bits per heavy atom. The van der Waals surface area contributed by atoms with Crippen molar-refractivity contribution in [2.24, 2.45) is 0 Å². The first kappa shape index (κ1) is 28.6. The molecule has 3 amide bonds. The zero-order valence-corrected chi connectivity index (χ0v) is 22.0. The molecular weight excluding hydrogens is 529 g/mol. The largest absolute Gasteiger partial charge is 0.416 e. The van der Waals surface area contributed by atoms with Crippen molar-refractivity contribution >= 4 is 34.3 Å². The number of alkyl halides is 3. The molecule has 1 aliphatic rings. The first-order valence-corrected chi connectivity index (χ1v) is 12.6. The molecule has 3 aromatic rings. The van der Waals surface area contributed by atoms with Crippen LogP contribution in [0.4, 0.5) is 18.9 Å². The maximum Gasteiger partial charge on any atom is 0.416 e. The fourth-order valence-corrected chi connectivity index (χ4v) is 4.57. The van der Waals surface area contributed by atoms with E-state index < -0.39 is 41.7 Å². The third kappa shape index (κ3) is 6.58. The zero-order valence-electron chi connectivity index (χ0n) is 22.0. The highest BCUT2D eigenvalue weighted by molar-refractivity contribution is 5.83. The van der Waals surface area contributed by atoms with Gasteiger partial charge in [0.2, 0.25) is 17.7 Å². The lowest BCUT2D eigenvalue weighted by Gasteiger charge is -2.35. The molecule has 13 heteroatoms. The van der Waals surface area contributed by atoms with Crippen molar-refractivity contribution in [2.45, 2.75) is 32.1 Å². The molecule has 10 nitrogen and oxygen atoms in total. The number of hydrogen-bond donors (Lipinski definition) is 2. The number of hydrogen-bond acceptors (Lipinski definition) is 6. The predicted octanol–water partition coefficient (Wildman–Crippen LogP) is 2.08. The van der Waals surface area contributed by atoms with Crippen LogP contribution in [0, 0.1) is 0 Å². The Morgan fingerprint density at radius 2 is 1.68 bits per heavy atom. The number of piperazine rings is 1. The quantitative estimate of drug-likeness (QED) is 0.459. The van der Waals surface area contributed by atoms with Crippen molar-refractivity contribution in [1.29, 1.82) is 0 Å². The Labute approximate surface area is 227 Å². The van der Waals surface area contributed by atoms with Gasteiger partial charge >= 0.3 is 6.18 Å². The van der Waals surface area contributed by atoms with Crippen LogP contribution in [0.15, 0.2) is 53.6 Å². The minimum Gasteiger partial charge on any atom is -0.368 e. The summed E-state index contributed by atoms with van der Waals surface area (Å²) in [5, 5.41) is 5.39. The van der Waals surface area contributed by atoms with Gasteiger partial charge in [0.05, 0.1) is 35.3 Å². The first-order valence-electron chi connectivity index (χ1n) is 12.6. The van der Waals surface area contributed by atoms with E-state index in [2.05, 4.69) is 20.5 Å². The minimum absolute atomic E-state index is 0.0133. The lowest BCUT2D eigenvalue weighted by molar-refractivity contribution is -0.137. The van der Waals surface area contributed by atoms with Crippen molar-refractivity contribution in [3.63, 3.8) is 0 Å². The van der Waals surface area contributed by atoms with Gasteiger partial charge in [0.1, 0.15) is 6.54 Å². The number of aromatic nitrogens is 2. The van der Waals surface area contributed by atoms with E-state index in [-0.39, 0.29) is 12.3 Å². The van der Waals surface area contributed by atoms with Gasteiger partial charge in [0.25, 0.3) is 5.56 Å². The highest BCUT2D eigenvalue weighted by Crippen LogP contribution is 2.30. The molecule has 2 N–H and O–H groups in total. The van der Waals surface area contributed by atoms with Crippen molar-refractivity contribution in [3.05, 3.63) is 70.3 Å². The molecule has 40 heavy (non-hydrogen) atoms. The number of rotatable bonds is 7. The normalized spacial score (nSPS) is 14.6. The molecule has 0 spiro atoms. The number of anilines is 1. The lowest BCUT2D eigenvalue weighted by atomic mass is 10.0. The van der Waals surface area contributed by atoms with Crippen LogP contribution in [0.5, 0.6) is 0 Å². The van der Waals surface area contributed by atoms with E-state index in [0.29, 0.717) is 42.6 Å². The van der Waals surface area contributed by atoms with Crippen LogP contribution in [0.2, 0.25) is 0 Å². The topological polar surface area (TPSA) is 117 Å². The van der Waals surface area contributed by atoms with Crippen molar-refractivity contribution in [1.82, 2.24) is 25.1 Å². The Morgan fingerprint density at radius 3 is 2.27 bits per heavy atom. The van der Waals surface area contributed by atoms with Gasteiger partial charge in [0.15, 0.2) is 0 Å². The maximum absolute atomic E-state index is 13.3. The number of amides is 3. The Balaban J connectivity index is 1.52. The molecule has 1 aromatic heterocycles. The molecule has 2 heterocycles. The van der Waals surface area contributed by atoms with Crippen LogP contribution in [-0.2, 0) is 27.1 Å². The fraction of sp³-hybridized carbons (Fsp3) is 0.370. The summed E-state index contributed by atoms with van der Waals surface area (Å²) in [6.07, 6.45) is -3.48. The number of halogens is 3. The molecule has 212 valence electrons. The summed E-state index contributed by atoms with van der Waals surface area (Å²) in [7, 11) is 1.41. The summed E-state index contributed by atoms with van der Waals surface area (Å²) in [5.74, 6) is -1.03. The third-order valence-corrected chi connectivity index (χ3v) is 6.86. The summed E-state index contributed by atoms with van der Waals surface area (Å²) < 4.78 is 40.1. The monoisotopic (exact) mass is 558 g/mol. The number of carbonyl (C=O) groups is 3. The average Bonchev–Trinajstić information content (AvgIpc) is 2.93. The predicted molar refractivity (Wildman–Crippen MR) is 141 cm³/mol. The molecule has 0 bridgehead atoms. The van der Waals surface area contributed by atoms with Gasteiger partial charge in [0, 0.05) is 45.8 Å². The summed E-state index contributed by atoms with van der Waals surface area (Å²) in [6, 6.07) is 8.54. The second-order valence-electron chi connectivity index (χ2n) is 9.49. The molecule has 1 saturated heterocycles. The van der Waals surface area contributed by atoms with Crippen molar-refractivity contribution in [3.8, 4) is 0 Å². The number of carbonyl (C=O) groups excluding carboxylic acids is 3. The molecule has 2 aromatic carbocycles. The maximum atomic E-state index is 13.3. The Bertz CT molecular complexity index is 1460. The van der Waals surface area contributed by atoms with E-state index in [9.17, 15) is 32.3 Å². The first-order chi connectivity index (χ1) is 19.0. The molecule has 0 unspecified atom stereocenters. The summed E-state index contributed by atoms with van der Waals surface area (Å²) in [4.78, 5) is 58.0. The average molecular weight is 559 g/mol. The zero-order chi connectivity index (χ0) is 29.0. The van der Waals surface area contributed by atoms with Crippen LogP contribution in [0.1, 0.15) is 30.5 Å². The highest BCUT2D eigenvalue weighted by atomic mass is 19.4. The number of nitrogens with one attached hydrogen (secondary N) is 2. The molecule has 1 atom stereocenters. The summed E-state index contributed by atoms with van der Waals surface area (Å²) >= 11 is 0. The molecule has 0 aliphatic carbocycles. The van der Waals surface area contributed by atoms with E-state index in [1.54, 1.807) is 17.0 Å². The van der Waals surface area contributed by atoms with E-state index in [1.165, 1.54) is 32.4 Å². The van der Waals surface area contributed by atoms with Gasteiger partial charge in [-0.3, -0.25) is 23.7 Å². The van der Waals surface area contributed by atoms with Crippen LogP contribution in [0.3, 0.4) is 0 Å². The van der Waals surface area contributed by atoms with Gasteiger partial charge in [-0.25, -0.2) is 4.98 Å². The standard InChI is InChI=1S/C27H29F3N6O4/c1-17(37)34-9-11-35(12-10-34)20-7-8-22-21(13-20)26(40)36(16-32-22)15-25(39)33-23(14-24(38)31-2)18-3-5-19(6-4-18)27(28,29)30/h3-8,13,16,23H,9-12,14-15H2,1-2H3,(H,31,38)(H,33,39)/t23-/m1/s1. The van der Waals surface area contributed by atoms with Crippen LogP contribution in [0.25, 0.3) is 10.9 Å². The van der Waals surface area contributed by atoms with Crippen molar-refractivity contribution in [2.75, 3.05) is 38.1 Å². The van der Waals surface area contributed by atoms with E-state index >= 15 is 0 Å². The van der Waals surface area contributed by atoms with Crippen molar-refractivity contribution < 1.29 is 27.6 Å². The number of nitrogens with zero attached hydrogens (tertiary/aromatic N) is 4. The fourth-order valence-electron chi connectivity index (χ4n) is 4.57. The van der Waals surface area contributed by atoms with Gasteiger partial charge in [-0.05, 0) is 35.9 Å². The molecule has 1 fully saturated rings. The van der Waals surface area contributed by atoms with E-state index in [4.69, 9.17) is 0 Å². The smallest absolute Gasteiger partial charge is 0.368 e. The molecule has 1 aliphatic heterocycles. The van der Waals surface area contributed by atoms with Gasteiger partial charge in [-0.15, -0.1) is 0 Å². The molecular formula is C27H29F3N6O4. The number of benzene rings is 2. The summed E-state index contributed by atoms with van der Waals surface area (Å²) in [6.45, 7) is 3.48. The SMILES string of the molecule is CNC(=O)C[C@@H](NC(=O)Cn1cnc2ccc(N3CCN(C(C)=O)CC3)cc2c1=O)c1ccc(C(F)(F)F)cc1.